The summed E-state index contributed by atoms with van der Waals surface area (Å²) in [5.74, 6) is -0.508. The van der Waals surface area contributed by atoms with Gasteiger partial charge in [0.15, 0.2) is 0 Å². The fourth-order valence-electron chi connectivity index (χ4n) is 2.42. The molecule has 0 aromatic carbocycles. The number of nitrogens with zero attached hydrogens (tertiary/aromatic N) is 6. The molecule has 3 rings (SSSR count). The Morgan fingerprint density at radius 2 is 2.17 bits per heavy atom. The lowest BCUT2D eigenvalue weighted by Gasteiger charge is -2.13. The summed E-state index contributed by atoms with van der Waals surface area (Å²) in [5, 5.41) is 15.1. The van der Waals surface area contributed by atoms with Crippen LogP contribution in [-0.4, -0.2) is 41.9 Å². The van der Waals surface area contributed by atoms with E-state index in [-0.39, 0.29) is 17.9 Å². The summed E-state index contributed by atoms with van der Waals surface area (Å²) in [7, 11) is 1.57. The van der Waals surface area contributed by atoms with Gasteiger partial charge in [-0.05, 0) is 19.1 Å². The Hall–Kier alpha value is -3.23. The normalized spacial score (nSPS) is 10.9. The first-order chi connectivity index (χ1) is 11.5. The SMILES string of the molecule is CCn1cc([N+](=O)[O-])c(C(=O)N(C)Cc2cn3ccccc3n2)n1. The quantitative estimate of drug-likeness (QED) is 0.524. The van der Waals surface area contributed by atoms with Gasteiger partial charge in [0.05, 0.1) is 17.2 Å². The third kappa shape index (κ3) is 2.83. The van der Waals surface area contributed by atoms with Crippen LogP contribution in [-0.2, 0) is 13.1 Å². The molecule has 3 aromatic heterocycles. The standard InChI is InChI=1S/C15H16N6O3/c1-3-20-10-12(21(23)24)14(17-20)15(22)18(2)8-11-9-19-7-5-4-6-13(19)16-11/h4-7,9-10H,3,8H2,1-2H3. The van der Waals surface area contributed by atoms with E-state index in [1.807, 2.05) is 35.0 Å². The van der Waals surface area contributed by atoms with Crippen LogP contribution in [0.25, 0.3) is 5.65 Å². The van der Waals surface area contributed by atoms with Crippen molar-refractivity contribution in [2.24, 2.45) is 0 Å². The van der Waals surface area contributed by atoms with Gasteiger partial charge in [-0.3, -0.25) is 19.6 Å². The van der Waals surface area contributed by atoms with E-state index < -0.39 is 10.8 Å². The Morgan fingerprint density at radius 1 is 1.38 bits per heavy atom. The first-order valence-corrected chi connectivity index (χ1v) is 7.39. The second kappa shape index (κ2) is 6.11. The van der Waals surface area contributed by atoms with Crippen LogP contribution in [0.3, 0.4) is 0 Å². The fraction of sp³-hybridized carbons (Fsp3) is 0.267. The lowest BCUT2D eigenvalue weighted by molar-refractivity contribution is -0.385. The molecule has 1 amide bonds. The van der Waals surface area contributed by atoms with Gasteiger partial charge in [-0.15, -0.1) is 0 Å². The summed E-state index contributed by atoms with van der Waals surface area (Å²) in [6.45, 7) is 2.48. The molecule has 0 unspecified atom stereocenters. The number of aromatic nitrogens is 4. The van der Waals surface area contributed by atoms with E-state index in [1.54, 1.807) is 14.0 Å². The van der Waals surface area contributed by atoms with Crippen LogP contribution in [0.1, 0.15) is 23.1 Å². The third-order valence-electron chi connectivity index (χ3n) is 3.63. The summed E-state index contributed by atoms with van der Waals surface area (Å²) >= 11 is 0. The van der Waals surface area contributed by atoms with Gasteiger partial charge in [0, 0.05) is 26.0 Å². The number of pyridine rings is 1. The smallest absolute Gasteiger partial charge is 0.320 e. The van der Waals surface area contributed by atoms with Gasteiger partial charge in [0.25, 0.3) is 5.91 Å². The molecule has 0 saturated heterocycles. The van der Waals surface area contributed by atoms with Crippen LogP contribution in [0.2, 0.25) is 0 Å². The molecule has 3 aromatic rings. The highest BCUT2D eigenvalue weighted by Crippen LogP contribution is 2.19. The highest BCUT2D eigenvalue weighted by Gasteiger charge is 2.28. The number of nitro groups is 1. The number of fused-ring (bicyclic) bond motifs is 1. The second-order valence-electron chi connectivity index (χ2n) is 5.34. The van der Waals surface area contributed by atoms with Gasteiger partial charge >= 0.3 is 5.69 Å². The van der Waals surface area contributed by atoms with Gasteiger partial charge in [0.2, 0.25) is 5.69 Å². The number of carbonyl (C=O) groups is 1. The van der Waals surface area contributed by atoms with E-state index in [4.69, 9.17) is 0 Å². The number of amides is 1. The number of imidazole rings is 1. The Bertz CT molecular complexity index is 880. The molecule has 3 heterocycles. The zero-order chi connectivity index (χ0) is 17.3. The van der Waals surface area contributed by atoms with E-state index in [0.717, 1.165) is 5.65 Å². The maximum Gasteiger partial charge on any atom is 0.320 e. The maximum absolute atomic E-state index is 12.5. The summed E-state index contributed by atoms with van der Waals surface area (Å²) in [6, 6.07) is 5.62. The van der Waals surface area contributed by atoms with Crippen LogP contribution in [0.5, 0.6) is 0 Å². The summed E-state index contributed by atoms with van der Waals surface area (Å²) in [5.41, 5.74) is 1.01. The Kier molecular flexibility index (Phi) is 3.98. The maximum atomic E-state index is 12.5. The molecule has 24 heavy (non-hydrogen) atoms. The molecule has 0 aliphatic heterocycles. The monoisotopic (exact) mass is 328 g/mol. The van der Waals surface area contributed by atoms with Crippen molar-refractivity contribution >= 4 is 17.2 Å². The minimum atomic E-state index is -0.592. The van der Waals surface area contributed by atoms with Crippen molar-refractivity contribution in [3.8, 4) is 0 Å². The molecular formula is C15H16N6O3. The summed E-state index contributed by atoms with van der Waals surface area (Å²) < 4.78 is 3.23. The zero-order valence-electron chi connectivity index (χ0n) is 13.3. The number of hydrogen-bond acceptors (Lipinski definition) is 5. The number of aryl methyl sites for hydroxylation is 1. The van der Waals surface area contributed by atoms with Crippen molar-refractivity contribution in [3.05, 3.63) is 58.3 Å². The first kappa shape index (κ1) is 15.7. The Morgan fingerprint density at radius 3 is 2.83 bits per heavy atom. The molecule has 9 nitrogen and oxygen atoms in total. The molecule has 124 valence electrons. The molecule has 0 spiro atoms. The first-order valence-electron chi connectivity index (χ1n) is 7.39. The van der Waals surface area contributed by atoms with Crippen LogP contribution in [0, 0.1) is 10.1 Å². The third-order valence-corrected chi connectivity index (χ3v) is 3.63. The molecule has 0 aliphatic rings. The average Bonchev–Trinajstić information content (AvgIpc) is 3.17. The van der Waals surface area contributed by atoms with E-state index in [0.29, 0.717) is 12.2 Å². The van der Waals surface area contributed by atoms with Crippen LogP contribution >= 0.6 is 0 Å². The number of hydrogen-bond donors (Lipinski definition) is 0. The zero-order valence-corrected chi connectivity index (χ0v) is 13.3. The molecule has 0 radical (unpaired) electrons. The van der Waals surface area contributed by atoms with Gasteiger partial charge in [0.1, 0.15) is 11.8 Å². The highest BCUT2D eigenvalue weighted by atomic mass is 16.6. The highest BCUT2D eigenvalue weighted by molar-refractivity contribution is 5.95. The largest absolute Gasteiger partial charge is 0.334 e. The van der Waals surface area contributed by atoms with Gasteiger partial charge in [-0.25, -0.2) is 4.98 Å². The van der Waals surface area contributed by atoms with E-state index in [1.165, 1.54) is 15.8 Å². The van der Waals surface area contributed by atoms with Crippen molar-refractivity contribution in [2.75, 3.05) is 7.05 Å². The van der Waals surface area contributed by atoms with E-state index >= 15 is 0 Å². The molecule has 0 atom stereocenters. The topological polar surface area (TPSA) is 98.6 Å². The molecule has 0 aliphatic carbocycles. The van der Waals surface area contributed by atoms with Crippen molar-refractivity contribution in [3.63, 3.8) is 0 Å². The van der Waals surface area contributed by atoms with Crippen molar-refractivity contribution in [1.29, 1.82) is 0 Å². The minimum absolute atomic E-state index is 0.159. The Balaban J connectivity index is 1.84. The van der Waals surface area contributed by atoms with Gasteiger partial charge in [-0.1, -0.05) is 6.07 Å². The Labute approximate surface area is 137 Å². The van der Waals surface area contributed by atoms with E-state index in [9.17, 15) is 14.9 Å². The van der Waals surface area contributed by atoms with Crippen LogP contribution in [0.4, 0.5) is 5.69 Å². The van der Waals surface area contributed by atoms with Gasteiger partial charge < -0.3 is 9.30 Å². The van der Waals surface area contributed by atoms with Crippen molar-refractivity contribution in [1.82, 2.24) is 24.1 Å². The molecule has 9 heteroatoms. The second-order valence-corrected chi connectivity index (χ2v) is 5.34. The fourth-order valence-corrected chi connectivity index (χ4v) is 2.42. The predicted molar refractivity (Wildman–Crippen MR) is 85.5 cm³/mol. The number of carbonyl (C=O) groups excluding carboxylic acids is 1. The van der Waals surface area contributed by atoms with Gasteiger partial charge in [-0.2, -0.15) is 5.10 Å². The lowest BCUT2D eigenvalue weighted by Crippen LogP contribution is -2.27. The van der Waals surface area contributed by atoms with E-state index in [2.05, 4.69) is 10.1 Å². The molecule has 0 fully saturated rings. The molecule has 0 N–H and O–H groups in total. The lowest BCUT2D eigenvalue weighted by atomic mass is 10.3. The van der Waals surface area contributed by atoms with Crippen LogP contribution in [0.15, 0.2) is 36.8 Å². The molecular weight excluding hydrogens is 312 g/mol. The number of rotatable bonds is 5. The van der Waals surface area contributed by atoms with Crippen LogP contribution < -0.4 is 0 Å². The van der Waals surface area contributed by atoms with Crippen molar-refractivity contribution < 1.29 is 9.72 Å². The molecule has 0 saturated carbocycles. The molecule has 0 bridgehead atoms. The minimum Gasteiger partial charge on any atom is -0.334 e. The summed E-state index contributed by atoms with van der Waals surface area (Å²) in [4.78, 5) is 28.8. The van der Waals surface area contributed by atoms with Crippen molar-refractivity contribution in [2.45, 2.75) is 20.0 Å². The predicted octanol–water partition coefficient (Wildman–Crippen LogP) is 1.73. The average molecular weight is 328 g/mol. The summed E-state index contributed by atoms with van der Waals surface area (Å²) in [6.07, 6.45) is 4.95.